The molecule has 5 heterocycles. The second kappa shape index (κ2) is 8.46. The molecule has 2 unspecified atom stereocenters. The van der Waals surface area contributed by atoms with Gasteiger partial charge in [-0.05, 0) is 31.5 Å². The topological polar surface area (TPSA) is 72.4 Å². The number of ether oxygens (including phenoxy) is 2. The molecule has 3 aliphatic heterocycles. The van der Waals surface area contributed by atoms with Gasteiger partial charge in [-0.15, -0.1) is 5.10 Å². The van der Waals surface area contributed by atoms with Crippen molar-refractivity contribution in [3.8, 4) is 0 Å². The summed E-state index contributed by atoms with van der Waals surface area (Å²) in [4.78, 5) is 6.96. The Kier molecular flexibility index (Phi) is 5.62. The highest BCUT2D eigenvalue weighted by Gasteiger charge is 2.38. The molecule has 1 N–H and O–H groups in total. The number of fused-ring (bicyclic) bond motifs is 3. The largest absolute Gasteiger partial charge is 0.378 e. The summed E-state index contributed by atoms with van der Waals surface area (Å²) in [5.41, 5.74) is 3.16. The molecular formula is C24H27F2N5O2. The second-order valence-corrected chi connectivity index (χ2v) is 8.87. The summed E-state index contributed by atoms with van der Waals surface area (Å²) in [5, 5.41) is 12.8. The lowest BCUT2D eigenvalue weighted by Crippen LogP contribution is -2.57. The van der Waals surface area contributed by atoms with Crippen LogP contribution in [-0.4, -0.2) is 54.2 Å². The number of benzene rings is 1. The lowest BCUT2D eigenvalue weighted by molar-refractivity contribution is -0.133. The number of alkyl halides is 2. The van der Waals surface area contributed by atoms with Crippen LogP contribution in [0, 0.1) is 6.92 Å². The fourth-order valence-electron chi connectivity index (χ4n) is 4.58. The van der Waals surface area contributed by atoms with Crippen molar-refractivity contribution in [1.82, 2.24) is 15.2 Å². The molecule has 7 nitrogen and oxygen atoms in total. The van der Waals surface area contributed by atoms with E-state index in [4.69, 9.17) is 4.74 Å². The Morgan fingerprint density at radius 1 is 1.24 bits per heavy atom. The van der Waals surface area contributed by atoms with Crippen LogP contribution >= 0.6 is 0 Å². The Morgan fingerprint density at radius 2 is 2.00 bits per heavy atom. The number of morpholine rings is 1. The summed E-state index contributed by atoms with van der Waals surface area (Å²) in [7, 11) is 1.27. The number of aromatic nitrogens is 3. The van der Waals surface area contributed by atoms with Gasteiger partial charge in [0.2, 0.25) is 0 Å². The first-order valence-corrected chi connectivity index (χ1v) is 11.1. The van der Waals surface area contributed by atoms with E-state index in [0.29, 0.717) is 5.82 Å². The van der Waals surface area contributed by atoms with Crippen molar-refractivity contribution in [2.45, 2.75) is 44.4 Å². The maximum absolute atomic E-state index is 14.3. The van der Waals surface area contributed by atoms with Gasteiger partial charge in [0, 0.05) is 37.6 Å². The minimum atomic E-state index is -3.06. The molecule has 6 rings (SSSR count). The first kappa shape index (κ1) is 21.9. The zero-order valence-corrected chi connectivity index (χ0v) is 18.9. The number of hydrogen-bond donors (Lipinski definition) is 1. The van der Waals surface area contributed by atoms with Gasteiger partial charge in [-0.1, -0.05) is 18.2 Å². The number of nitrogens with one attached hydrogen (secondary N) is 1. The number of piperidine rings is 1. The third kappa shape index (κ3) is 4.22. The molecule has 3 atom stereocenters. The first-order chi connectivity index (χ1) is 15.8. The van der Waals surface area contributed by atoms with Crippen molar-refractivity contribution >= 4 is 22.4 Å². The van der Waals surface area contributed by atoms with E-state index in [1.54, 1.807) is 6.07 Å². The van der Waals surface area contributed by atoms with Gasteiger partial charge in [0.25, 0.3) is 5.92 Å². The van der Waals surface area contributed by atoms with Gasteiger partial charge in [-0.2, -0.15) is 13.9 Å². The first-order valence-electron chi connectivity index (χ1n) is 11.1. The van der Waals surface area contributed by atoms with E-state index >= 15 is 0 Å². The van der Waals surface area contributed by atoms with Crippen molar-refractivity contribution < 1.29 is 18.3 Å². The van der Waals surface area contributed by atoms with Crippen molar-refractivity contribution in [3.63, 3.8) is 0 Å². The van der Waals surface area contributed by atoms with Crippen LogP contribution < -0.4 is 10.2 Å². The summed E-state index contributed by atoms with van der Waals surface area (Å²) in [6, 6.07) is 8.17. The van der Waals surface area contributed by atoms with E-state index in [0.717, 1.165) is 47.4 Å². The highest BCUT2D eigenvalue weighted by Crippen LogP contribution is 2.34. The maximum atomic E-state index is 14.3. The number of rotatable bonds is 7. The molecule has 2 aromatic heterocycles. The summed E-state index contributed by atoms with van der Waals surface area (Å²) >= 11 is 0. The number of anilines is 2. The number of methoxy groups -OCH3 is 1. The molecule has 174 valence electrons. The van der Waals surface area contributed by atoms with Gasteiger partial charge < -0.3 is 19.7 Å². The van der Waals surface area contributed by atoms with E-state index < -0.39 is 12.5 Å². The van der Waals surface area contributed by atoms with E-state index in [9.17, 15) is 8.78 Å². The molecule has 0 aliphatic carbocycles. The molecule has 3 aliphatic rings. The lowest BCUT2D eigenvalue weighted by atomic mass is 9.98. The Labute approximate surface area is 191 Å². The van der Waals surface area contributed by atoms with E-state index in [1.807, 2.05) is 26.1 Å². The molecule has 3 fully saturated rings. The second-order valence-electron chi connectivity index (χ2n) is 8.87. The molecule has 33 heavy (non-hydrogen) atoms. The van der Waals surface area contributed by atoms with Crippen molar-refractivity contribution in [3.05, 3.63) is 53.3 Å². The lowest BCUT2D eigenvalue weighted by Gasteiger charge is -2.47. The van der Waals surface area contributed by atoms with Gasteiger partial charge in [-0.3, -0.25) is 4.98 Å². The van der Waals surface area contributed by atoms with Crippen molar-refractivity contribution in [1.29, 1.82) is 0 Å². The molecule has 0 saturated carbocycles. The minimum Gasteiger partial charge on any atom is -0.378 e. The van der Waals surface area contributed by atoms with E-state index in [2.05, 4.69) is 36.2 Å². The fourth-order valence-corrected chi connectivity index (χ4v) is 4.58. The van der Waals surface area contributed by atoms with Crippen LogP contribution in [0.2, 0.25) is 0 Å². The Morgan fingerprint density at radius 3 is 2.73 bits per heavy atom. The van der Waals surface area contributed by atoms with Gasteiger partial charge in [0.05, 0.1) is 41.3 Å². The predicted molar refractivity (Wildman–Crippen MR) is 122 cm³/mol. The van der Waals surface area contributed by atoms with Gasteiger partial charge in [-0.25, -0.2) is 0 Å². The molecule has 0 spiro atoms. The highest BCUT2D eigenvalue weighted by atomic mass is 19.3. The molecule has 3 aromatic rings. The molecule has 9 heteroatoms. The smallest absolute Gasteiger partial charge is 0.296 e. The Balaban J connectivity index is 1.43. The van der Waals surface area contributed by atoms with Crippen LogP contribution in [0.5, 0.6) is 0 Å². The van der Waals surface area contributed by atoms with Crippen LogP contribution in [0.15, 0.2) is 36.5 Å². The SMILES string of the molecule is COCC(F)(F)c1cccc([C@@H](C)Nc2nnc(C)c3ncc(N4CC5CC(C4)O5)cc23)c1. The molecule has 1 aromatic carbocycles. The van der Waals surface area contributed by atoms with Crippen LogP contribution in [-0.2, 0) is 15.4 Å². The molecule has 0 amide bonds. The Hall–Kier alpha value is -2.91. The van der Waals surface area contributed by atoms with E-state index in [-0.39, 0.29) is 23.8 Å². The summed E-state index contributed by atoms with van der Waals surface area (Å²) in [5.74, 6) is -2.48. The van der Waals surface area contributed by atoms with Crippen molar-refractivity contribution in [2.75, 3.05) is 37.0 Å². The minimum absolute atomic E-state index is 0.0785. The summed E-state index contributed by atoms with van der Waals surface area (Å²) in [6.07, 6.45) is 3.57. The zero-order chi connectivity index (χ0) is 23.2. The average molecular weight is 456 g/mol. The maximum Gasteiger partial charge on any atom is 0.296 e. The Bertz CT molecular complexity index is 1160. The van der Waals surface area contributed by atoms with Gasteiger partial charge in [0.15, 0.2) is 5.82 Å². The number of halogens is 2. The fraction of sp³-hybridized carbons (Fsp3) is 0.458. The summed E-state index contributed by atoms with van der Waals surface area (Å²) in [6.45, 7) is 4.82. The zero-order valence-electron chi connectivity index (χ0n) is 18.9. The van der Waals surface area contributed by atoms with Crippen LogP contribution in [0.3, 0.4) is 0 Å². The number of aryl methyl sites for hydroxylation is 1. The van der Waals surface area contributed by atoms with Gasteiger partial charge in [0.1, 0.15) is 6.61 Å². The van der Waals surface area contributed by atoms with Crippen molar-refractivity contribution in [2.24, 2.45) is 0 Å². The average Bonchev–Trinajstić information content (AvgIpc) is 2.80. The van der Waals surface area contributed by atoms with Crippen LogP contribution in [0.25, 0.3) is 10.9 Å². The standard InChI is InChI=1S/C24H27F2N5O2/c1-14(16-5-4-6-17(7-16)24(25,26)13-32-3)28-23-21-8-18(10-27-22(21)15(2)29-30-23)31-11-19-9-20(12-31)33-19/h4-8,10,14,19-20H,9,11-13H2,1-3H3,(H,28,30)/t14-,19?,20?/m1/s1. The quantitative estimate of drug-likeness (QED) is 0.572. The third-order valence-corrected chi connectivity index (χ3v) is 6.38. The normalized spacial score (nSPS) is 21.1. The molecular weight excluding hydrogens is 428 g/mol. The third-order valence-electron chi connectivity index (χ3n) is 6.38. The van der Waals surface area contributed by atoms with Gasteiger partial charge >= 0.3 is 0 Å². The number of nitrogens with zero attached hydrogens (tertiary/aromatic N) is 4. The number of pyridine rings is 1. The van der Waals surface area contributed by atoms with Crippen LogP contribution in [0.4, 0.5) is 20.3 Å². The predicted octanol–water partition coefficient (Wildman–Crippen LogP) is 4.22. The van der Waals surface area contributed by atoms with E-state index in [1.165, 1.54) is 19.2 Å². The monoisotopic (exact) mass is 455 g/mol. The summed E-state index contributed by atoms with van der Waals surface area (Å²) < 4.78 is 39.1. The van der Waals surface area contributed by atoms with Crippen LogP contribution in [0.1, 0.15) is 36.2 Å². The highest BCUT2D eigenvalue weighted by molar-refractivity contribution is 5.92. The molecule has 0 radical (unpaired) electrons. The molecule has 2 bridgehead atoms. The number of hydrogen-bond acceptors (Lipinski definition) is 7. The molecule has 3 saturated heterocycles.